The Hall–Kier alpha value is -1.39. The third kappa shape index (κ3) is 3.09. The summed E-state index contributed by atoms with van der Waals surface area (Å²) >= 11 is 3.46. The van der Waals surface area contributed by atoms with E-state index in [2.05, 4.69) is 21.2 Å². The minimum Gasteiger partial charge on any atom is -0.376 e. The summed E-state index contributed by atoms with van der Waals surface area (Å²) in [5, 5.41) is 3.30. The molecular weight excluding hydrogens is 295 g/mol. The normalized spacial score (nSPS) is 12.2. The van der Waals surface area contributed by atoms with E-state index in [1.807, 2.05) is 30.3 Å². The summed E-state index contributed by atoms with van der Waals surface area (Å²) < 4.78 is 14.2. The van der Waals surface area contributed by atoms with E-state index in [1.165, 1.54) is 12.1 Å². The second-order valence-corrected chi connectivity index (χ2v) is 4.82. The fraction of sp³-hybridized carbons (Fsp3) is 0.143. The van der Waals surface area contributed by atoms with E-state index in [9.17, 15) is 4.39 Å². The third-order valence-electron chi connectivity index (χ3n) is 2.69. The van der Waals surface area contributed by atoms with Crippen molar-refractivity contribution in [3.63, 3.8) is 0 Å². The predicted molar refractivity (Wildman–Crippen MR) is 76.0 cm³/mol. The molecule has 18 heavy (non-hydrogen) atoms. The molecular formula is C14H14BrFN2. The second kappa shape index (κ2) is 5.98. The summed E-state index contributed by atoms with van der Waals surface area (Å²) in [6, 6.07) is 14.1. The highest BCUT2D eigenvalue weighted by Gasteiger charge is 2.11. The van der Waals surface area contributed by atoms with Gasteiger partial charge in [-0.15, -0.1) is 0 Å². The predicted octanol–water partition coefficient (Wildman–Crippen LogP) is 3.70. The van der Waals surface area contributed by atoms with Gasteiger partial charge in [-0.25, -0.2) is 4.39 Å². The number of nitrogens with one attached hydrogen (secondary N) is 1. The van der Waals surface area contributed by atoms with E-state index in [4.69, 9.17) is 5.73 Å². The van der Waals surface area contributed by atoms with Crippen LogP contribution in [0.5, 0.6) is 0 Å². The van der Waals surface area contributed by atoms with Crippen LogP contribution in [-0.4, -0.2) is 6.54 Å². The smallest absolute Gasteiger partial charge is 0.123 e. The molecule has 0 aromatic heterocycles. The van der Waals surface area contributed by atoms with Gasteiger partial charge in [-0.3, -0.25) is 0 Å². The van der Waals surface area contributed by atoms with E-state index >= 15 is 0 Å². The molecule has 0 saturated heterocycles. The summed E-state index contributed by atoms with van der Waals surface area (Å²) in [7, 11) is 0. The van der Waals surface area contributed by atoms with E-state index in [1.54, 1.807) is 6.07 Å². The van der Waals surface area contributed by atoms with Crippen LogP contribution in [0.4, 0.5) is 10.1 Å². The van der Waals surface area contributed by atoms with Crippen LogP contribution >= 0.6 is 15.9 Å². The number of nitrogens with two attached hydrogens (primary N) is 1. The summed E-state index contributed by atoms with van der Waals surface area (Å²) in [4.78, 5) is 0. The van der Waals surface area contributed by atoms with Gasteiger partial charge in [0, 0.05) is 16.7 Å². The lowest BCUT2D eigenvalue weighted by Gasteiger charge is -2.19. The molecule has 0 saturated carbocycles. The average Bonchev–Trinajstić information content (AvgIpc) is 2.38. The minimum atomic E-state index is -0.250. The monoisotopic (exact) mass is 308 g/mol. The molecule has 0 radical (unpaired) electrons. The van der Waals surface area contributed by atoms with E-state index in [0.717, 1.165) is 15.7 Å². The quantitative estimate of drug-likeness (QED) is 0.904. The third-order valence-corrected chi connectivity index (χ3v) is 3.38. The van der Waals surface area contributed by atoms with Gasteiger partial charge < -0.3 is 11.1 Å². The van der Waals surface area contributed by atoms with Crippen molar-refractivity contribution in [1.82, 2.24) is 0 Å². The number of benzene rings is 2. The molecule has 0 fully saturated rings. The first-order valence-corrected chi connectivity index (χ1v) is 6.46. The van der Waals surface area contributed by atoms with Crippen molar-refractivity contribution < 1.29 is 4.39 Å². The van der Waals surface area contributed by atoms with Gasteiger partial charge in [0.1, 0.15) is 5.82 Å². The largest absolute Gasteiger partial charge is 0.376 e. The first-order valence-electron chi connectivity index (χ1n) is 5.67. The molecule has 0 aliphatic heterocycles. The summed E-state index contributed by atoms with van der Waals surface area (Å²) in [6.45, 7) is 0.394. The second-order valence-electron chi connectivity index (χ2n) is 3.97. The van der Waals surface area contributed by atoms with E-state index in [0.29, 0.717) is 6.54 Å². The molecule has 2 nitrogen and oxygen atoms in total. The van der Waals surface area contributed by atoms with Gasteiger partial charge in [-0.2, -0.15) is 0 Å². The van der Waals surface area contributed by atoms with Gasteiger partial charge in [0.05, 0.1) is 6.04 Å². The molecule has 94 valence electrons. The van der Waals surface area contributed by atoms with Gasteiger partial charge in [0.15, 0.2) is 0 Å². The molecule has 0 bridgehead atoms. The van der Waals surface area contributed by atoms with Crippen LogP contribution in [0.15, 0.2) is 53.0 Å². The average molecular weight is 309 g/mol. The molecule has 0 aliphatic carbocycles. The number of halogens is 2. The SMILES string of the molecule is NCC(Nc1ccccc1Br)c1cccc(F)c1. The molecule has 0 spiro atoms. The van der Waals surface area contributed by atoms with Crippen LogP contribution in [0.2, 0.25) is 0 Å². The van der Waals surface area contributed by atoms with Gasteiger partial charge in [-0.1, -0.05) is 24.3 Å². The van der Waals surface area contributed by atoms with Crippen LogP contribution in [0.1, 0.15) is 11.6 Å². The fourth-order valence-electron chi connectivity index (χ4n) is 1.77. The zero-order valence-corrected chi connectivity index (χ0v) is 11.3. The maximum absolute atomic E-state index is 13.2. The lowest BCUT2D eigenvalue weighted by atomic mass is 10.1. The Morgan fingerprint density at radius 3 is 2.61 bits per heavy atom. The van der Waals surface area contributed by atoms with Gasteiger partial charge in [-0.05, 0) is 45.8 Å². The Morgan fingerprint density at radius 1 is 1.17 bits per heavy atom. The van der Waals surface area contributed by atoms with Gasteiger partial charge in [0.2, 0.25) is 0 Å². The summed E-state index contributed by atoms with van der Waals surface area (Å²) in [5.74, 6) is -0.250. The number of rotatable bonds is 4. The van der Waals surface area contributed by atoms with Crippen molar-refractivity contribution in [2.24, 2.45) is 5.73 Å². The Balaban J connectivity index is 2.23. The highest BCUT2D eigenvalue weighted by Crippen LogP contribution is 2.26. The minimum absolute atomic E-state index is 0.112. The fourth-order valence-corrected chi connectivity index (χ4v) is 2.17. The first-order chi connectivity index (χ1) is 8.70. The molecule has 1 atom stereocenters. The van der Waals surface area contributed by atoms with Crippen LogP contribution in [0, 0.1) is 5.82 Å². The highest BCUT2D eigenvalue weighted by atomic mass is 79.9. The summed E-state index contributed by atoms with van der Waals surface area (Å²) in [5.41, 5.74) is 7.54. The van der Waals surface area contributed by atoms with Crippen molar-refractivity contribution in [2.75, 3.05) is 11.9 Å². The van der Waals surface area contributed by atoms with Crippen molar-refractivity contribution in [3.8, 4) is 0 Å². The van der Waals surface area contributed by atoms with Gasteiger partial charge >= 0.3 is 0 Å². The van der Waals surface area contributed by atoms with E-state index in [-0.39, 0.29) is 11.9 Å². The zero-order valence-electron chi connectivity index (χ0n) is 9.74. The number of anilines is 1. The molecule has 2 aromatic carbocycles. The Bertz CT molecular complexity index is 531. The van der Waals surface area contributed by atoms with Crippen LogP contribution in [0.3, 0.4) is 0 Å². The van der Waals surface area contributed by atoms with Crippen molar-refractivity contribution in [3.05, 3.63) is 64.4 Å². The molecule has 0 amide bonds. The van der Waals surface area contributed by atoms with Crippen molar-refractivity contribution in [2.45, 2.75) is 6.04 Å². The number of hydrogen-bond acceptors (Lipinski definition) is 2. The van der Waals surface area contributed by atoms with E-state index < -0.39 is 0 Å². The van der Waals surface area contributed by atoms with Crippen LogP contribution in [0.25, 0.3) is 0 Å². The first kappa shape index (κ1) is 13.1. The maximum Gasteiger partial charge on any atom is 0.123 e. The Morgan fingerprint density at radius 2 is 1.94 bits per heavy atom. The lowest BCUT2D eigenvalue weighted by molar-refractivity contribution is 0.622. The van der Waals surface area contributed by atoms with Crippen LogP contribution < -0.4 is 11.1 Å². The highest BCUT2D eigenvalue weighted by molar-refractivity contribution is 9.10. The zero-order chi connectivity index (χ0) is 13.0. The number of hydrogen-bond donors (Lipinski definition) is 2. The molecule has 2 aromatic rings. The van der Waals surface area contributed by atoms with Crippen LogP contribution in [-0.2, 0) is 0 Å². The summed E-state index contributed by atoms with van der Waals surface area (Å²) in [6.07, 6.45) is 0. The molecule has 1 unspecified atom stereocenters. The topological polar surface area (TPSA) is 38.0 Å². The standard InChI is InChI=1S/C14H14BrFN2/c15-12-6-1-2-7-13(12)18-14(9-17)10-4-3-5-11(16)8-10/h1-8,14,18H,9,17H2. The molecule has 0 aliphatic rings. The van der Waals surface area contributed by atoms with Crippen molar-refractivity contribution in [1.29, 1.82) is 0 Å². The number of para-hydroxylation sites is 1. The molecule has 2 rings (SSSR count). The molecule has 4 heteroatoms. The lowest BCUT2D eigenvalue weighted by Crippen LogP contribution is -2.20. The Labute approximate surface area is 114 Å². The molecule has 3 N–H and O–H groups in total. The molecule has 0 heterocycles. The van der Waals surface area contributed by atoms with Crippen molar-refractivity contribution >= 4 is 21.6 Å². The maximum atomic E-state index is 13.2. The van der Waals surface area contributed by atoms with Gasteiger partial charge in [0.25, 0.3) is 0 Å². The Kier molecular flexibility index (Phi) is 4.33.